The molecule has 2 aliphatic rings. The smallest absolute Gasteiger partial charge is 0.209 e. The van der Waals surface area contributed by atoms with Crippen LogP contribution in [0, 0.1) is 0 Å². The van der Waals surface area contributed by atoms with Gasteiger partial charge in [-0.2, -0.15) is 0 Å². The molecular weight excluding hydrogens is 314 g/mol. The van der Waals surface area contributed by atoms with E-state index in [4.69, 9.17) is 18.6 Å². The molecule has 2 fully saturated rings. The van der Waals surface area contributed by atoms with E-state index in [0.717, 1.165) is 0 Å². The van der Waals surface area contributed by atoms with E-state index in [0.29, 0.717) is 6.41 Å². The summed E-state index contributed by atoms with van der Waals surface area (Å²) in [4.78, 5) is 10.8. The minimum absolute atomic E-state index is 0.117. The molecule has 0 unspecified atom stereocenters. The highest BCUT2D eigenvalue weighted by Gasteiger charge is 2.57. The van der Waals surface area contributed by atoms with E-state index in [1.807, 2.05) is 20.8 Å². The van der Waals surface area contributed by atoms with Crippen molar-refractivity contribution in [2.24, 2.45) is 0 Å². The third-order valence-electron chi connectivity index (χ3n) is 5.07. The third-order valence-corrected chi connectivity index (χ3v) is 9.64. The van der Waals surface area contributed by atoms with Gasteiger partial charge in [0.05, 0.1) is 6.10 Å². The maximum absolute atomic E-state index is 10.8. The van der Waals surface area contributed by atoms with E-state index in [1.54, 1.807) is 0 Å². The van der Waals surface area contributed by atoms with Gasteiger partial charge in [-0.3, -0.25) is 4.79 Å². The van der Waals surface area contributed by atoms with E-state index in [9.17, 15) is 4.79 Å². The molecule has 6 nitrogen and oxygen atoms in total. The van der Waals surface area contributed by atoms with Crippen LogP contribution in [0.25, 0.3) is 0 Å². The van der Waals surface area contributed by atoms with Crippen molar-refractivity contribution in [3.8, 4) is 0 Å². The largest absolute Gasteiger partial charge is 0.411 e. The second-order valence-corrected chi connectivity index (χ2v) is 13.2. The summed E-state index contributed by atoms with van der Waals surface area (Å²) < 4.78 is 24.4. The third kappa shape index (κ3) is 3.79. The van der Waals surface area contributed by atoms with Crippen LogP contribution >= 0.6 is 0 Å². The monoisotopic (exact) mass is 345 g/mol. The summed E-state index contributed by atoms with van der Waals surface area (Å²) in [5.41, 5.74) is 0. The number of hydrogen-bond donors (Lipinski definition) is 1. The lowest BCUT2D eigenvalue weighted by Crippen LogP contribution is -2.48. The zero-order valence-electron chi connectivity index (χ0n) is 15.5. The maximum Gasteiger partial charge on any atom is 0.209 e. The molecule has 0 bridgehead atoms. The van der Waals surface area contributed by atoms with Crippen LogP contribution in [-0.2, 0) is 23.4 Å². The molecule has 2 rings (SSSR count). The van der Waals surface area contributed by atoms with Gasteiger partial charge in [-0.25, -0.2) is 0 Å². The van der Waals surface area contributed by atoms with Gasteiger partial charge in [0, 0.05) is 0 Å². The Morgan fingerprint density at radius 2 is 1.78 bits per heavy atom. The summed E-state index contributed by atoms with van der Waals surface area (Å²) in [6.45, 7) is 16.8. The fourth-order valence-electron chi connectivity index (χ4n) is 2.92. The van der Waals surface area contributed by atoms with Gasteiger partial charge in [-0.15, -0.1) is 0 Å². The Balaban J connectivity index is 2.14. The molecule has 5 atom stereocenters. The molecule has 134 valence electrons. The molecule has 2 heterocycles. The van der Waals surface area contributed by atoms with Crippen LogP contribution < -0.4 is 5.32 Å². The summed E-state index contributed by atoms with van der Waals surface area (Å²) in [6, 6.07) is 0. The molecule has 0 aromatic rings. The fourth-order valence-corrected chi connectivity index (χ4v) is 4.33. The van der Waals surface area contributed by atoms with Gasteiger partial charge >= 0.3 is 0 Å². The summed E-state index contributed by atoms with van der Waals surface area (Å²) in [5.74, 6) is -0.684. The Morgan fingerprint density at radius 1 is 1.22 bits per heavy atom. The molecule has 0 aromatic heterocycles. The Labute approximate surface area is 140 Å². The van der Waals surface area contributed by atoms with E-state index in [-0.39, 0.29) is 29.5 Å². The van der Waals surface area contributed by atoms with Gasteiger partial charge in [-0.1, -0.05) is 20.8 Å². The normalized spacial score (nSPS) is 35.0. The van der Waals surface area contributed by atoms with Crippen molar-refractivity contribution in [2.75, 3.05) is 0 Å². The first kappa shape index (κ1) is 18.9. The molecule has 1 amide bonds. The van der Waals surface area contributed by atoms with Crippen molar-refractivity contribution in [1.29, 1.82) is 0 Å². The Morgan fingerprint density at radius 3 is 2.30 bits per heavy atom. The molecule has 0 aliphatic carbocycles. The Bertz CT molecular complexity index is 448. The molecule has 2 aliphatic heterocycles. The van der Waals surface area contributed by atoms with Gasteiger partial charge in [0.15, 0.2) is 20.3 Å². The standard InChI is InChI=1S/C16H31NO5Si/c1-10(22-23(7,8)15(2,3)4)11-12-13(14(19-11)17-9-18)21-16(5,6)20-12/h9-14H,1-8H3,(H,17,18)/t10-,11-,12-,13-,14+/m1/s1. The van der Waals surface area contributed by atoms with E-state index in [2.05, 4.69) is 39.2 Å². The highest BCUT2D eigenvalue weighted by molar-refractivity contribution is 6.74. The number of ether oxygens (including phenoxy) is 3. The van der Waals surface area contributed by atoms with Gasteiger partial charge in [0.1, 0.15) is 18.3 Å². The number of nitrogens with one attached hydrogen (secondary N) is 1. The van der Waals surface area contributed by atoms with Crippen molar-refractivity contribution in [3.05, 3.63) is 0 Å². The summed E-state index contributed by atoms with van der Waals surface area (Å²) in [5, 5.41) is 2.80. The number of hydrogen-bond acceptors (Lipinski definition) is 5. The molecular formula is C16H31NO5Si. The molecule has 1 N–H and O–H groups in total. The first-order chi connectivity index (χ1) is 10.4. The number of carbonyl (C=O) groups is 1. The van der Waals surface area contributed by atoms with E-state index in [1.165, 1.54) is 0 Å². The molecule has 0 saturated carbocycles. The first-order valence-electron chi connectivity index (χ1n) is 8.26. The van der Waals surface area contributed by atoms with Crippen LogP contribution in [0.3, 0.4) is 0 Å². The lowest BCUT2D eigenvalue weighted by atomic mass is 10.1. The molecule has 0 aromatic carbocycles. The minimum Gasteiger partial charge on any atom is -0.411 e. The highest BCUT2D eigenvalue weighted by Crippen LogP contribution is 2.42. The van der Waals surface area contributed by atoms with Crippen LogP contribution in [0.15, 0.2) is 0 Å². The zero-order chi connectivity index (χ0) is 17.6. The van der Waals surface area contributed by atoms with Crippen LogP contribution in [0.1, 0.15) is 41.5 Å². The lowest BCUT2D eigenvalue weighted by Gasteiger charge is -2.40. The van der Waals surface area contributed by atoms with Crippen molar-refractivity contribution >= 4 is 14.7 Å². The van der Waals surface area contributed by atoms with Gasteiger partial charge < -0.3 is 24.0 Å². The van der Waals surface area contributed by atoms with Crippen molar-refractivity contribution < 1.29 is 23.4 Å². The Hall–Kier alpha value is -0.473. The summed E-state index contributed by atoms with van der Waals surface area (Å²) in [7, 11) is -1.92. The molecule has 2 saturated heterocycles. The van der Waals surface area contributed by atoms with Crippen molar-refractivity contribution in [2.45, 2.75) is 96.1 Å². The predicted molar refractivity (Wildman–Crippen MR) is 89.4 cm³/mol. The predicted octanol–water partition coefficient (Wildman–Crippen LogP) is 2.39. The second-order valence-electron chi connectivity index (χ2n) is 8.45. The average Bonchev–Trinajstić information content (AvgIpc) is 2.82. The van der Waals surface area contributed by atoms with Crippen molar-refractivity contribution in [3.63, 3.8) is 0 Å². The SMILES string of the molecule is C[C@@H](O[Si](C)(C)C(C)(C)C)[C@H]1O[C@H](NC=O)[C@@H]2OC(C)(C)O[C@@H]21. The van der Waals surface area contributed by atoms with Gasteiger partial charge in [-0.05, 0) is 38.9 Å². The van der Waals surface area contributed by atoms with E-state index < -0.39 is 20.3 Å². The topological polar surface area (TPSA) is 66.0 Å². The van der Waals surface area contributed by atoms with Crippen molar-refractivity contribution in [1.82, 2.24) is 5.32 Å². The minimum atomic E-state index is -1.92. The van der Waals surface area contributed by atoms with E-state index >= 15 is 0 Å². The van der Waals surface area contributed by atoms with Crippen LogP contribution in [-0.4, -0.2) is 51.2 Å². The average molecular weight is 346 g/mol. The summed E-state index contributed by atoms with van der Waals surface area (Å²) >= 11 is 0. The van der Waals surface area contributed by atoms with Gasteiger partial charge in [0.25, 0.3) is 0 Å². The van der Waals surface area contributed by atoms with Crippen LogP contribution in [0.2, 0.25) is 18.1 Å². The molecule has 0 spiro atoms. The number of rotatable bonds is 5. The number of carbonyl (C=O) groups excluding carboxylic acids is 1. The number of amides is 1. The lowest BCUT2D eigenvalue weighted by molar-refractivity contribution is -0.198. The molecule has 7 heteroatoms. The summed E-state index contributed by atoms with van der Waals surface area (Å²) in [6.07, 6.45) is -0.840. The molecule has 0 radical (unpaired) electrons. The van der Waals surface area contributed by atoms with Crippen LogP contribution in [0.4, 0.5) is 0 Å². The first-order valence-corrected chi connectivity index (χ1v) is 11.2. The quantitative estimate of drug-likeness (QED) is 0.612. The molecule has 23 heavy (non-hydrogen) atoms. The van der Waals surface area contributed by atoms with Gasteiger partial charge in [0.2, 0.25) is 6.41 Å². The number of fused-ring (bicyclic) bond motifs is 1. The van der Waals surface area contributed by atoms with Crippen LogP contribution in [0.5, 0.6) is 0 Å². The second kappa shape index (κ2) is 6.11. The zero-order valence-corrected chi connectivity index (χ0v) is 16.5. The maximum atomic E-state index is 10.8. The fraction of sp³-hybridized carbons (Fsp3) is 0.938. The highest BCUT2D eigenvalue weighted by atomic mass is 28.4. The Kier molecular flexibility index (Phi) is 5.01.